The van der Waals surface area contributed by atoms with Crippen LogP contribution in [-0.4, -0.2) is 24.9 Å². The van der Waals surface area contributed by atoms with Gasteiger partial charge >= 0.3 is 5.97 Å². The minimum Gasteiger partial charge on any atom is -0.469 e. The first-order valence-electron chi connectivity index (χ1n) is 8.80. The van der Waals surface area contributed by atoms with Crippen LogP contribution in [0.1, 0.15) is 41.0 Å². The van der Waals surface area contributed by atoms with Gasteiger partial charge in [0.1, 0.15) is 0 Å². The lowest BCUT2D eigenvalue weighted by Crippen LogP contribution is -2.30. The largest absolute Gasteiger partial charge is 0.469 e. The molecule has 3 atom stereocenters. The van der Waals surface area contributed by atoms with Crippen molar-refractivity contribution < 1.29 is 19.1 Å². The molecule has 142 valence electrons. The lowest BCUT2D eigenvalue weighted by molar-refractivity contribution is -0.141. The van der Waals surface area contributed by atoms with E-state index >= 15 is 0 Å². The summed E-state index contributed by atoms with van der Waals surface area (Å²) in [5.74, 6) is -0.240. The SMILES string of the molecule is COC(=O)CC(NC(=O)c1cccc(NC(=O)C2CC2C)c1)c1cccs1. The van der Waals surface area contributed by atoms with Crippen molar-refractivity contribution in [2.45, 2.75) is 25.8 Å². The van der Waals surface area contributed by atoms with Gasteiger partial charge in [-0.2, -0.15) is 0 Å². The van der Waals surface area contributed by atoms with Gasteiger partial charge < -0.3 is 15.4 Å². The molecular formula is C20H22N2O4S. The van der Waals surface area contributed by atoms with Gasteiger partial charge in [0.15, 0.2) is 0 Å². The fraction of sp³-hybridized carbons (Fsp3) is 0.350. The third-order valence-electron chi connectivity index (χ3n) is 4.63. The van der Waals surface area contributed by atoms with Crippen LogP contribution in [0.15, 0.2) is 41.8 Å². The number of rotatable bonds is 7. The quantitative estimate of drug-likeness (QED) is 0.715. The molecule has 0 bridgehead atoms. The molecule has 2 N–H and O–H groups in total. The molecule has 1 aliphatic rings. The Labute approximate surface area is 161 Å². The molecule has 2 aromatic rings. The molecule has 0 spiro atoms. The molecule has 1 aromatic heterocycles. The van der Waals surface area contributed by atoms with Crippen molar-refractivity contribution in [1.82, 2.24) is 5.32 Å². The van der Waals surface area contributed by atoms with Crippen molar-refractivity contribution in [3.63, 3.8) is 0 Å². The van der Waals surface area contributed by atoms with Crippen LogP contribution in [0, 0.1) is 11.8 Å². The van der Waals surface area contributed by atoms with E-state index in [2.05, 4.69) is 10.6 Å². The number of hydrogen-bond donors (Lipinski definition) is 2. The van der Waals surface area contributed by atoms with E-state index in [0.29, 0.717) is 17.2 Å². The van der Waals surface area contributed by atoms with Gasteiger partial charge in [0.05, 0.1) is 19.6 Å². The number of carbonyl (C=O) groups excluding carboxylic acids is 3. The van der Waals surface area contributed by atoms with Gasteiger partial charge in [-0.3, -0.25) is 14.4 Å². The maximum atomic E-state index is 12.7. The van der Waals surface area contributed by atoms with Gasteiger partial charge in [-0.1, -0.05) is 19.1 Å². The van der Waals surface area contributed by atoms with E-state index in [0.717, 1.165) is 11.3 Å². The molecule has 27 heavy (non-hydrogen) atoms. The van der Waals surface area contributed by atoms with Gasteiger partial charge in [0.2, 0.25) is 5.91 Å². The number of nitrogens with one attached hydrogen (secondary N) is 2. The van der Waals surface area contributed by atoms with Crippen LogP contribution < -0.4 is 10.6 Å². The highest BCUT2D eigenvalue weighted by atomic mass is 32.1. The average molecular weight is 386 g/mol. The van der Waals surface area contributed by atoms with E-state index in [4.69, 9.17) is 4.74 Å². The summed E-state index contributed by atoms with van der Waals surface area (Å²) in [6.07, 6.45) is 0.959. The lowest BCUT2D eigenvalue weighted by Gasteiger charge is -2.17. The third kappa shape index (κ3) is 4.95. The van der Waals surface area contributed by atoms with Crippen LogP contribution in [-0.2, 0) is 14.3 Å². The predicted octanol–water partition coefficient (Wildman–Crippen LogP) is 3.38. The van der Waals surface area contributed by atoms with Gasteiger partial charge in [-0.15, -0.1) is 11.3 Å². The Morgan fingerprint density at radius 2 is 2.04 bits per heavy atom. The minimum atomic E-state index is -0.462. The summed E-state index contributed by atoms with van der Waals surface area (Å²) < 4.78 is 4.73. The Hall–Kier alpha value is -2.67. The number of anilines is 1. The summed E-state index contributed by atoms with van der Waals surface area (Å²) in [7, 11) is 1.32. The molecule has 2 amide bonds. The number of hydrogen-bond acceptors (Lipinski definition) is 5. The van der Waals surface area contributed by atoms with Gasteiger partial charge in [0, 0.05) is 22.0 Å². The third-order valence-corrected chi connectivity index (χ3v) is 5.61. The Bertz CT molecular complexity index is 834. The Kier molecular flexibility index (Phi) is 5.91. The van der Waals surface area contributed by atoms with E-state index in [-0.39, 0.29) is 24.2 Å². The van der Waals surface area contributed by atoms with Crippen LogP contribution in [0.2, 0.25) is 0 Å². The van der Waals surface area contributed by atoms with Crippen LogP contribution in [0.25, 0.3) is 0 Å². The van der Waals surface area contributed by atoms with E-state index in [1.807, 2.05) is 24.4 Å². The molecule has 1 heterocycles. The topological polar surface area (TPSA) is 84.5 Å². The maximum absolute atomic E-state index is 12.7. The van der Waals surface area contributed by atoms with Gasteiger partial charge in [-0.05, 0) is 42.0 Å². The fourth-order valence-electron chi connectivity index (χ4n) is 2.86. The maximum Gasteiger partial charge on any atom is 0.307 e. The van der Waals surface area contributed by atoms with Crippen LogP contribution >= 0.6 is 11.3 Å². The predicted molar refractivity (Wildman–Crippen MR) is 104 cm³/mol. The zero-order valence-electron chi connectivity index (χ0n) is 15.2. The first kappa shape index (κ1) is 19.1. The standard InChI is InChI=1S/C20H22N2O4S/c1-12-9-15(12)20(25)21-14-6-3-5-13(10-14)19(24)22-16(11-18(23)26-2)17-7-4-8-27-17/h3-8,10,12,15-16H,9,11H2,1-2H3,(H,21,25)(H,22,24). The molecule has 6 nitrogen and oxygen atoms in total. The van der Waals surface area contributed by atoms with Crippen LogP contribution in [0.5, 0.6) is 0 Å². The normalized spacial score (nSPS) is 19.0. The van der Waals surface area contributed by atoms with Crippen molar-refractivity contribution in [2.24, 2.45) is 11.8 Å². The molecule has 0 aliphatic heterocycles. The number of methoxy groups -OCH3 is 1. The Morgan fingerprint density at radius 1 is 1.26 bits per heavy atom. The van der Waals surface area contributed by atoms with E-state index in [1.165, 1.54) is 18.4 Å². The number of thiophene rings is 1. The second kappa shape index (κ2) is 8.35. The van der Waals surface area contributed by atoms with Crippen molar-refractivity contribution in [1.29, 1.82) is 0 Å². The molecule has 3 unspecified atom stereocenters. The zero-order valence-corrected chi connectivity index (χ0v) is 16.0. The first-order valence-corrected chi connectivity index (χ1v) is 9.68. The van der Waals surface area contributed by atoms with Crippen molar-refractivity contribution >= 4 is 34.8 Å². The van der Waals surface area contributed by atoms with Crippen molar-refractivity contribution in [2.75, 3.05) is 12.4 Å². The fourth-order valence-corrected chi connectivity index (χ4v) is 3.64. The molecule has 7 heteroatoms. The second-order valence-electron chi connectivity index (χ2n) is 6.71. The highest BCUT2D eigenvalue weighted by Crippen LogP contribution is 2.38. The summed E-state index contributed by atoms with van der Waals surface area (Å²) in [6, 6.07) is 10.1. The van der Waals surface area contributed by atoms with E-state index < -0.39 is 12.0 Å². The number of esters is 1. The molecule has 1 saturated carbocycles. The van der Waals surface area contributed by atoms with Crippen LogP contribution in [0.4, 0.5) is 5.69 Å². The number of ether oxygens (including phenoxy) is 1. The van der Waals surface area contributed by atoms with Gasteiger partial charge in [-0.25, -0.2) is 0 Å². The first-order chi connectivity index (χ1) is 13.0. The number of benzene rings is 1. The Balaban J connectivity index is 1.69. The lowest BCUT2D eigenvalue weighted by atomic mass is 10.1. The molecule has 3 rings (SSSR count). The minimum absolute atomic E-state index is 0.0118. The van der Waals surface area contributed by atoms with E-state index in [9.17, 15) is 14.4 Å². The smallest absolute Gasteiger partial charge is 0.307 e. The molecule has 0 saturated heterocycles. The average Bonchev–Trinajstić information content (AvgIpc) is 3.16. The summed E-state index contributed by atoms with van der Waals surface area (Å²) in [5, 5.41) is 7.63. The molecular weight excluding hydrogens is 364 g/mol. The molecule has 1 fully saturated rings. The number of amides is 2. The monoisotopic (exact) mass is 386 g/mol. The van der Waals surface area contributed by atoms with Crippen LogP contribution in [0.3, 0.4) is 0 Å². The summed E-state index contributed by atoms with van der Waals surface area (Å²) in [6.45, 7) is 2.04. The summed E-state index contributed by atoms with van der Waals surface area (Å²) in [4.78, 5) is 37.3. The molecule has 1 aliphatic carbocycles. The Morgan fingerprint density at radius 3 is 2.67 bits per heavy atom. The number of carbonyl (C=O) groups is 3. The van der Waals surface area contributed by atoms with Crippen molar-refractivity contribution in [3.05, 3.63) is 52.2 Å². The van der Waals surface area contributed by atoms with Crippen molar-refractivity contribution in [3.8, 4) is 0 Å². The second-order valence-corrected chi connectivity index (χ2v) is 7.69. The zero-order chi connectivity index (χ0) is 19.4. The molecule has 0 radical (unpaired) electrons. The van der Waals surface area contributed by atoms with Gasteiger partial charge in [0.25, 0.3) is 5.91 Å². The highest BCUT2D eigenvalue weighted by Gasteiger charge is 2.39. The summed E-state index contributed by atoms with van der Waals surface area (Å²) >= 11 is 1.46. The van der Waals surface area contributed by atoms with E-state index in [1.54, 1.807) is 24.3 Å². The summed E-state index contributed by atoms with van der Waals surface area (Å²) in [5.41, 5.74) is 1.01. The highest BCUT2D eigenvalue weighted by molar-refractivity contribution is 7.10. The molecule has 1 aromatic carbocycles.